The molecule has 2 N–H and O–H groups in total. The van der Waals surface area contributed by atoms with Crippen LogP contribution in [0.25, 0.3) is 0 Å². The van der Waals surface area contributed by atoms with Gasteiger partial charge in [0, 0.05) is 28.7 Å². The van der Waals surface area contributed by atoms with Gasteiger partial charge < -0.3 is 10.6 Å². The first-order valence-corrected chi connectivity index (χ1v) is 10.00. The molecule has 0 aliphatic heterocycles. The molecule has 0 bridgehead atoms. The average Bonchev–Trinajstić information content (AvgIpc) is 2.63. The first kappa shape index (κ1) is 21.0. The summed E-state index contributed by atoms with van der Waals surface area (Å²) in [5.74, 6) is -4.37. The monoisotopic (exact) mass is 460 g/mol. The topological polar surface area (TPSA) is 92.3 Å². The molecule has 0 atom stereocenters. The molecule has 27 heavy (non-hydrogen) atoms. The van der Waals surface area contributed by atoms with Gasteiger partial charge in [-0.15, -0.1) is 0 Å². The first-order chi connectivity index (χ1) is 12.7. The standard InChI is InChI=1S/C17H15BrF2N2O4S/c18-12-3-5-13(6-4-12)22-15(23)9-10-21-16(24)11-1-7-14(8-2-11)27(25,26)17(19)20/h1-8,17H,9-10H2,(H,21,24)(H,22,23). The molecule has 144 valence electrons. The van der Waals surface area contributed by atoms with E-state index in [1.54, 1.807) is 24.3 Å². The largest absolute Gasteiger partial charge is 0.352 e. The Balaban J connectivity index is 1.85. The van der Waals surface area contributed by atoms with Gasteiger partial charge in [-0.1, -0.05) is 15.9 Å². The van der Waals surface area contributed by atoms with Crippen molar-refractivity contribution in [2.24, 2.45) is 0 Å². The molecule has 0 saturated heterocycles. The number of amides is 2. The summed E-state index contributed by atoms with van der Waals surface area (Å²) >= 11 is 3.28. The maximum Gasteiger partial charge on any atom is 0.341 e. The highest BCUT2D eigenvalue weighted by molar-refractivity contribution is 9.10. The number of benzene rings is 2. The minimum atomic E-state index is -4.70. The van der Waals surface area contributed by atoms with E-state index in [4.69, 9.17) is 0 Å². The van der Waals surface area contributed by atoms with E-state index in [0.29, 0.717) is 5.69 Å². The lowest BCUT2D eigenvalue weighted by Gasteiger charge is -2.08. The van der Waals surface area contributed by atoms with E-state index in [1.807, 2.05) is 0 Å². The van der Waals surface area contributed by atoms with Crippen LogP contribution < -0.4 is 10.6 Å². The summed E-state index contributed by atoms with van der Waals surface area (Å²) in [6, 6.07) is 11.1. The number of carbonyl (C=O) groups is 2. The molecule has 0 aliphatic carbocycles. The van der Waals surface area contributed by atoms with Crippen molar-refractivity contribution in [3.63, 3.8) is 0 Å². The predicted molar refractivity (Wildman–Crippen MR) is 99.4 cm³/mol. The van der Waals surface area contributed by atoms with Gasteiger partial charge >= 0.3 is 5.76 Å². The second-order valence-corrected chi connectivity index (χ2v) is 8.22. The van der Waals surface area contributed by atoms with Crippen LogP contribution in [0.15, 0.2) is 57.9 Å². The molecule has 10 heteroatoms. The zero-order valence-electron chi connectivity index (χ0n) is 13.8. The number of nitrogens with one attached hydrogen (secondary N) is 2. The van der Waals surface area contributed by atoms with E-state index in [2.05, 4.69) is 26.6 Å². The third-order valence-electron chi connectivity index (χ3n) is 3.45. The molecule has 0 aliphatic rings. The van der Waals surface area contributed by atoms with Gasteiger partial charge in [0.2, 0.25) is 15.7 Å². The minimum absolute atomic E-state index is 0.0274. The number of anilines is 1. The van der Waals surface area contributed by atoms with Crippen LogP contribution in [-0.4, -0.2) is 32.5 Å². The predicted octanol–water partition coefficient (Wildman–Crippen LogP) is 3.20. The molecule has 0 saturated carbocycles. The van der Waals surface area contributed by atoms with E-state index in [-0.39, 0.29) is 24.4 Å². The van der Waals surface area contributed by atoms with Gasteiger partial charge in [-0.3, -0.25) is 9.59 Å². The third kappa shape index (κ3) is 5.83. The summed E-state index contributed by atoms with van der Waals surface area (Å²) in [5, 5.41) is 5.17. The molecule has 0 unspecified atom stereocenters. The van der Waals surface area contributed by atoms with Crippen LogP contribution in [-0.2, 0) is 14.6 Å². The zero-order chi connectivity index (χ0) is 20.0. The van der Waals surface area contributed by atoms with Gasteiger partial charge in [0.1, 0.15) is 0 Å². The lowest BCUT2D eigenvalue weighted by Crippen LogP contribution is -2.27. The molecule has 0 spiro atoms. The van der Waals surface area contributed by atoms with Crippen molar-refractivity contribution in [2.75, 3.05) is 11.9 Å². The van der Waals surface area contributed by atoms with Crippen LogP contribution in [0, 0.1) is 0 Å². The number of hydrogen-bond donors (Lipinski definition) is 2. The van der Waals surface area contributed by atoms with Crippen molar-refractivity contribution in [1.29, 1.82) is 0 Å². The van der Waals surface area contributed by atoms with Crippen molar-refractivity contribution < 1.29 is 26.8 Å². The van der Waals surface area contributed by atoms with Crippen LogP contribution in [0.2, 0.25) is 0 Å². The Hall–Kier alpha value is -2.33. The maximum absolute atomic E-state index is 12.5. The van der Waals surface area contributed by atoms with E-state index in [9.17, 15) is 26.8 Å². The Labute approximate surface area is 163 Å². The van der Waals surface area contributed by atoms with Gasteiger partial charge in [0.25, 0.3) is 5.91 Å². The summed E-state index contributed by atoms with van der Waals surface area (Å²) < 4.78 is 48.5. The quantitative estimate of drug-likeness (QED) is 0.663. The first-order valence-electron chi connectivity index (χ1n) is 7.66. The Bertz CT molecular complexity index is 917. The van der Waals surface area contributed by atoms with Gasteiger partial charge in [0.15, 0.2) is 0 Å². The lowest BCUT2D eigenvalue weighted by molar-refractivity contribution is -0.116. The van der Waals surface area contributed by atoms with E-state index in [1.165, 1.54) is 0 Å². The van der Waals surface area contributed by atoms with E-state index < -0.39 is 26.4 Å². The van der Waals surface area contributed by atoms with Crippen molar-refractivity contribution >= 4 is 43.3 Å². The van der Waals surface area contributed by atoms with Crippen molar-refractivity contribution in [1.82, 2.24) is 5.32 Å². The Morgan fingerprint density at radius 1 is 1.00 bits per heavy atom. The molecular weight excluding hydrogens is 446 g/mol. The third-order valence-corrected chi connectivity index (χ3v) is 5.37. The summed E-state index contributed by atoms with van der Waals surface area (Å²) in [4.78, 5) is 23.2. The summed E-state index contributed by atoms with van der Waals surface area (Å²) in [6.07, 6.45) is 0.0274. The van der Waals surface area contributed by atoms with Gasteiger partial charge in [0.05, 0.1) is 4.90 Å². The van der Waals surface area contributed by atoms with Crippen LogP contribution in [0.3, 0.4) is 0 Å². The molecule has 2 aromatic carbocycles. The zero-order valence-corrected chi connectivity index (χ0v) is 16.2. The normalized spacial score (nSPS) is 11.3. The Kier molecular flexibility index (Phi) is 7.03. The van der Waals surface area contributed by atoms with Crippen molar-refractivity contribution in [3.8, 4) is 0 Å². The molecule has 2 aromatic rings. The number of carbonyl (C=O) groups excluding carboxylic acids is 2. The van der Waals surface area contributed by atoms with Gasteiger partial charge in [-0.25, -0.2) is 8.42 Å². The molecule has 0 radical (unpaired) electrons. The Morgan fingerprint density at radius 3 is 2.15 bits per heavy atom. The molecule has 0 aromatic heterocycles. The number of sulfone groups is 1. The van der Waals surface area contributed by atoms with Crippen LogP contribution in [0.1, 0.15) is 16.8 Å². The van der Waals surface area contributed by atoms with Crippen LogP contribution in [0.5, 0.6) is 0 Å². The molecule has 0 fully saturated rings. The van der Waals surface area contributed by atoms with E-state index >= 15 is 0 Å². The molecule has 0 heterocycles. The summed E-state index contributed by atoms with van der Waals surface area (Å²) in [6.45, 7) is 0.0538. The molecule has 6 nitrogen and oxygen atoms in total. The fourth-order valence-corrected chi connectivity index (χ4v) is 3.03. The van der Waals surface area contributed by atoms with Crippen LogP contribution in [0.4, 0.5) is 14.5 Å². The lowest BCUT2D eigenvalue weighted by atomic mass is 10.2. The average molecular weight is 461 g/mol. The van der Waals surface area contributed by atoms with Crippen molar-refractivity contribution in [2.45, 2.75) is 17.1 Å². The SMILES string of the molecule is O=C(CCNC(=O)c1ccc(S(=O)(=O)C(F)F)cc1)Nc1ccc(Br)cc1. The maximum atomic E-state index is 12.5. The number of hydrogen-bond acceptors (Lipinski definition) is 4. The Morgan fingerprint density at radius 2 is 1.59 bits per heavy atom. The second kappa shape index (κ2) is 9.05. The minimum Gasteiger partial charge on any atom is -0.352 e. The number of alkyl halides is 2. The molecule has 2 amide bonds. The fraction of sp³-hybridized carbons (Fsp3) is 0.176. The highest BCUT2D eigenvalue weighted by Gasteiger charge is 2.26. The molecule has 2 rings (SSSR count). The van der Waals surface area contributed by atoms with Gasteiger partial charge in [-0.2, -0.15) is 8.78 Å². The van der Waals surface area contributed by atoms with E-state index in [0.717, 1.165) is 28.7 Å². The fourth-order valence-electron chi connectivity index (χ4n) is 2.05. The van der Waals surface area contributed by atoms with Gasteiger partial charge in [-0.05, 0) is 48.5 Å². The van der Waals surface area contributed by atoms with Crippen molar-refractivity contribution in [3.05, 3.63) is 58.6 Å². The smallest absolute Gasteiger partial charge is 0.341 e. The van der Waals surface area contributed by atoms with Crippen LogP contribution >= 0.6 is 15.9 Å². The summed E-state index contributed by atoms with van der Waals surface area (Å²) in [5.41, 5.74) is 0.710. The molecular formula is C17H15BrF2N2O4S. The number of rotatable bonds is 7. The highest BCUT2D eigenvalue weighted by atomic mass is 79.9. The number of halogens is 3. The highest BCUT2D eigenvalue weighted by Crippen LogP contribution is 2.18. The second-order valence-electron chi connectivity index (χ2n) is 5.39. The summed E-state index contributed by atoms with van der Waals surface area (Å²) in [7, 11) is -4.70.